The van der Waals surface area contributed by atoms with Crippen molar-refractivity contribution in [1.82, 2.24) is 4.98 Å². The summed E-state index contributed by atoms with van der Waals surface area (Å²) in [6.07, 6.45) is 3.64. The molecule has 0 aliphatic heterocycles. The molecule has 0 spiro atoms. The Morgan fingerprint density at radius 2 is 2.06 bits per heavy atom. The van der Waals surface area contributed by atoms with E-state index < -0.39 is 0 Å². The van der Waals surface area contributed by atoms with Gasteiger partial charge in [-0.3, -0.25) is 0 Å². The van der Waals surface area contributed by atoms with Crippen LogP contribution in [0.15, 0.2) is 18.2 Å². The van der Waals surface area contributed by atoms with Crippen LogP contribution < -0.4 is 0 Å². The van der Waals surface area contributed by atoms with Gasteiger partial charge in [0.15, 0.2) is 0 Å². The van der Waals surface area contributed by atoms with Crippen molar-refractivity contribution in [3.05, 3.63) is 34.5 Å². The molecule has 18 heavy (non-hydrogen) atoms. The van der Waals surface area contributed by atoms with Crippen LogP contribution in [0.1, 0.15) is 38.4 Å². The van der Waals surface area contributed by atoms with E-state index in [4.69, 9.17) is 11.6 Å². The third-order valence-corrected chi connectivity index (χ3v) is 4.61. The van der Waals surface area contributed by atoms with Crippen LogP contribution in [0.2, 0.25) is 5.02 Å². The van der Waals surface area contributed by atoms with E-state index in [1.54, 1.807) is 0 Å². The molecule has 1 nitrogen and oxygen atoms in total. The van der Waals surface area contributed by atoms with Crippen molar-refractivity contribution in [1.29, 1.82) is 0 Å². The van der Waals surface area contributed by atoms with Crippen LogP contribution in [0.5, 0.6) is 0 Å². The van der Waals surface area contributed by atoms with Crippen molar-refractivity contribution in [3.8, 4) is 0 Å². The number of aromatic nitrogens is 1. The summed E-state index contributed by atoms with van der Waals surface area (Å²) in [5.74, 6) is 0.767. The zero-order valence-electron chi connectivity index (χ0n) is 11.3. The number of hydrogen-bond acceptors (Lipinski definition) is 0. The smallest absolute Gasteiger partial charge is 0.0460 e. The lowest BCUT2D eigenvalue weighted by atomic mass is 9.71. The highest BCUT2D eigenvalue weighted by molar-refractivity contribution is 6.31. The minimum atomic E-state index is 0.389. The van der Waals surface area contributed by atoms with Crippen LogP contribution in [-0.4, -0.2) is 4.98 Å². The highest BCUT2D eigenvalue weighted by Gasteiger charge is 2.30. The number of aromatic amines is 1. The number of nitrogens with one attached hydrogen (secondary N) is 1. The standard InChI is InChI=1S/C16H20ClN/c1-16(2,3)10-4-6-14-12(8-10)13-9-11(17)5-7-15(13)18-14/h5,7,9-10,18H,4,6,8H2,1-3H3. The van der Waals surface area contributed by atoms with Gasteiger partial charge < -0.3 is 4.98 Å². The van der Waals surface area contributed by atoms with E-state index >= 15 is 0 Å². The molecule has 1 atom stereocenters. The molecule has 1 aromatic heterocycles. The molecule has 1 aliphatic rings. The van der Waals surface area contributed by atoms with Crippen molar-refractivity contribution in [3.63, 3.8) is 0 Å². The van der Waals surface area contributed by atoms with E-state index in [9.17, 15) is 0 Å². The summed E-state index contributed by atoms with van der Waals surface area (Å²) >= 11 is 6.13. The van der Waals surface area contributed by atoms with Crippen LogP contribution in [-0.2, 0) is 12.8 Å². The maximum absolute atomic E-state index is 6.13. The molecule has 0 saturated carbocycles. The molecular weight excluding hydrogens is 242 g/mol. The zero-order chi connectivity index (χ0) is 12.9. The van der Waals surface area contributed by atoms with E-state index in [1.807, 2.05) is 6.07 Å². The molecule has 0 fully saturated rings. The molecule has 3 rings (SSSR count). The van der Waals surface area contributed by atoms with Gasteiger partial charge >= 0.3 is 0 Å². The van der Waals surface area contributed by atoms with Crippen molar-refractivity contribution >= 4 is 22.5 Å². The SMILES string of the molecule is CC(C)(C)C1CCc2[nH]c3ccc(Cl)cc3c2C1. The molecule has 2 heteroatoms. The molecule has 1 aromatic carbocycles. The number of fused-ring (bicyclic) bond motifs is 3. The summed E-state index contributed by atoms with van der Waals surface area (Å²) in [6.45, 7) is 7.06. The summed E-state index contributed by atoms with van der Waals surface area (Å²) < 4.78 is 0. The van der Waals surface area contributed by atoms with Gasteiger partial charge in [0.1, 0.15) is 0 Å². The summed E-state index contributed by atoms with van der Waals surface area (Å²) in [4.78, 5) is 3.56. The number of rotatable bonds is 0. The van der Waals surface area contributed by atoms with Crippen LogP contribution in [0.3, 0.4) is 0 Å². The molecule has 0 radical (unpaired) electrons. The van der Waals surface area contributed by atoms with Crippen LogP contribution in [0.4, 0.5) is 0 Å². The van der Waals surface area contributed by atoms with E-state index in [2.05, 4.69) is 37.9 Å². The fraction of sp³-hybridized carbons (Fsp3) is 0.500. The first-order valence-corrected chi connectivity index (χ1v) is 7.12. The van der Waals surface area contributed by atoms with Gasteiger partial charge in [0, 0.05) is 21.6 Å². The number of halogens is 1. The van der Waals surface area contributed by atoms with E-state index in [-0.39, 0.29) is 0 Å². The highest BCUT2D eigenvalue weighted by Crippen LogP contribution is 2.40. The summed E-state index contributed by atoms with van der Waals surface area (Å²) in [6, 6.07) is 6.17. The van der Waals surface area contributed by atoms with Crippen molar-refractivity contribution in [2.24, 2.45) is 11.3 Å². The first-order chi connectivity index (χ1) is 8.45. The molecule has 0 amide bonds. The average molecular weight is 262 g/mol. The second kappa shape index (κ2) is 4.03. The Kier molecular flexibility index (Phi) is 2.71. The fourth-order valence-electron chi connectivity index (χ4n) is 3.13. The van der Waals surface area contributed by atoms with Crippen molar-refractivity contribution < 1.29 is 0 Å². The van der Waals surface area contributed by atoms with E-state index in [1.165, 1.54) is 41.4 Å². The number of benzene rings is 1. The van der Waals surface area contributed by atoms with E-state index in [0.717, 1.165) is 10.9 Å². The lowest BCUT2D eigenvalue weighted by Gasteiger charge is -2.34. The Balaban J connectivity index is 2.08. The molecule has 0 saturated heterocycles. The zero-order valence-corrected chi connectivity index (χ0v) is 12.1. The Morgan fingerprint density at radius 1 is 1.28 bits per heavy atom. The number of H-pyrrole nitrogens is 1. The monoisotopic (exact) mass is 261 g/mol. The van der Waals surface area contributed by atoms with Gasteiger partial charge in [0.2, 0.25) is 0 Å². The maximum Gasteiger partial charge on any atom is 0.0460 e. The fourth-order valence-corrected chi connectivity index (χ4v) is 3.30. The molecule has 1 aliphatic carbocycles. The van der Waals surface area contributed by atoms with Gasteiger partial charge in [-0.2, -0.15) is 0 Å². The van der Waals surface area contributed by atoms with Crippen molar-refractivity contribution in [2.75, 3.05) is 0 Å². The van der Waals surface area contributed by atoms with Crippen LogP contribution in [0.25, 0.3) is 10.9 Å². The number of hydrogen-bond donors (Lipinski definition) is 1. The topological polar surface area (TPSA) is 15.8 Å². The molecule has 1 heterocycles. The Hall–Kier alpha value is -0.950. The quantitative estimate of drug-likeness (QED) is 0.689. The Bertz CT molecular complexity index is 589. The Labute approximate surface area is 114 Å². The maximum atomic E-state index is 6.13. The average Bonchev–Trinajstić information content (AvgIpc) is 2.65. The molecule has 0 bridgehead atoms. The second-order valence-corrected chi connectivity index (χ2v) is 7.01. The molecule has 1 N–H and O–H groups in total. The summed E-state index contributed by atoms with van der Waals surface area (Å²) in [5.41, 5.74) is 4.55. The molecule has 2 aromatic rings. The lowest BCUT2D eigenvalue weighted by molar-refractivity contribution is 0.216. The third-order valence-electron chi connectivity index (χ3n) is 4.37. The first kappa shape index (κ1) is 12.1. The highest BCUT2D eigenvalue weighted by atomic mass is 35.5. The van der Waals surface area contributed by atoms with Gasteiger partial charge in [-0.05, 0) is 54.4 Å². The van der Waals surface area contributed by atoms with Gasteiger partial charge in [0.25, 0.3) is 0 Å². The van der Waals surface area contributed by atoms with Gasteiger partial charge in [-0.25, -0.2) is 0 Å². The van der Waals surface area contributed by atoms with Gasteiger partial charge in [0.05, 0.1) is 0 Å². The minimum Gasteiger partial charge on any atom is -0.358 e. The molecule has 1 unspecified atom stereocenters. The first-order valence-electron chi connectivity index (χ1n) is 6.74. The molecular formula is C16H20ClN. The third kappa shape index (κ3) is 1.95. The van der Waals surface area contributed by atoms with Crippen molar-refractivity contribution in [2.45, 2.75) is 40.0 Å². The number of aryl methyl sites for hydroxylation is 1. The lowest BCUT2D eigenvalue weighted by Crippen LogP contribution is -2.26. The van der Waals surface area contributed by atoms with Gasteiger partial charge in [-0.15, -0.1) is 0 Å². The second-order valence-electron chi connectivity index (χ2n) is 6.58. The molecule has 96 valence electrons. The normalized spacial score (nSPS) is 20.1. The largest absolute Gasteiger partial charge is 0.358 e. The van der Waals surface area contributed by atoms with E-state index in [0.29, 0.717) is 5.41 Å². The predicted molar refractivity (Wildman–Crippen MR) is 78.3 cm³/mol. The van der Waals surface area contributed by atoms with Crippen LogP contribution >= 0.6 is 11.6 Å². The Morgan fingerprint density at radius 3 is 2.78 bits per heavy atom. The summed E-state index contributed by atoms with van der Waals surface area (Å²) in [5, 5.41) is 2.16. The van der Waals surface area contributed by atoms with Gasteiger partial charge in [-0.1, -0.05) is 32.4 Å². The minimum absolute atomic E-state index is 0.389. The van der Waals surface area contributed by atoms with Crippen LogP contribution in [0, 0.1) is 11.3 Å². The predicted octanol–water partition coefficient (Wildman–Crippen LogP) is 4.97. The summed E-state index contributed by atoms with van der Waals surface area (Å²) in [7, 11) is 0.